The fraction of sp³-hybridized carbons (Fsp3) is 0.297. The number of thiophene rings is 1. The minimum atomic E-state index is -4.55. The molecule has 19 heteroatoms. The van der Waals surface area contributed by atoms with Gasteiger partial charge in [0.15, 0.2) is 6.17 Å². The topological polar surface area (TPSA) is 146 Å². The maximum atomic E-state index is 16.5. The largest absolute Gasteiger partial charge is 0.491 e. The maximum absolute atomic E-state index is 16.5. The van der Waals surface area contributed by atoms with Gasteiger partial charge in [0, 0.05) is 43.0 Å². The van der Waals surface area contributed by atoms with E-state index in [1.807, 2.05) is 7.05 Å². The minimum Gasteiger partial charge on any atom is -0.491 e. The van der Waals surface area contributed by atoms with Crippen LogP contribution in [0.3, 0.4) is 0 Å². The zero-order valence-corrected chi connectivity index (χ0v) is 31.3. The smallest absolute Gasteiger partial charge is 0.408 e. The summed E-state index contributed by atoms with van der Waals surface area (Å²) < 4.78 is 93.5. The SMILES string of the molecule is CNCCNCCOc1ccc(-c2c(-c3ccc(F)o3)sc3ncnc(O[C@@H](C(=O)O)[C@@H](F)c4ccccc4OCc4ccnn4CC(F)(F)F)c23)c(C)c1Cl. The Morgan fingerprint density at radius 3 is 2.59 bits per heavy atom. The second-order valence-electron chi connectivity index (χ2n) is 12.2. The molecule has 2 atom stereocenters. The Balaban J connectivity index is 1.35. The van der Waals surface area contributed by atoms with Crippen molar-refractivity contribution in [1.82, 2.24) is 30.4 Å². The average molecular weight is 821 g/mol. The Bertz CT molecular complexity index is 2300. The lowest BCUT2D eigenvalue weighted by molar-refractivity contribution is -0.148. The second kappa shape index (κ2) is 17.7. The van der Waals surface area contributed by atoms with Gasteiger partial charge in [-0.05, 0) is 49.4 Å². The molecule has 56 heavy (non-hydrogen) atoms. The molecule has 0 amide bonds. The summed E-state index contributed by atoms with van der Waals surface area (Å²) >= 11 is 7.90. The third-order valence-electron chi connectivity index (χ3n) is 8.43. The predicted octanol–water partition coefficient (Wildman–Crippen LogP) is 7.79. The van der Waals surface area contributed by atoms with E-state index in [-0.39, 0.29) is 43.9 Å². The summed E-state index contributed by atoms with van der Waals surface area (Å²) in [7, 11) is 1.85. The van der Waals surface area contributed by atoms with Crippen molar-refractivity contribution in [3.63, 3.8) is 0 Å². The number of aromatic nitrogens is 4. The van der Waals surface area contributed by atoms with Gasteiger partial charge in [-0.1, -0.05) is 35.9 Å². The molecule has 0 unspecified atom stereocenters. The molecule has 0 spiro atoms. The molecule has 4 aromatic heterocycles. The number of hydrogen-bond acceptors (Lipinski definition) is 11. The molecule has 0 bridgehead atoms. The number of hydrogen-bond donors (Lipinski definition) is 3. The molecule has 6 aromatic rings. The summed E-state index contributed by atoms with van der Waals surface area (Å²) in [6.45, 7) is 2.35. The molecule has 0 radical (unpaired) electrons. The molecule has 0 aliphatic carbocycles. The molecule has 3 N–H and O–H groups in total. The van der Waals surface area contributed by atoms with Gasteiger partial charge in [0.05, 0.1) is 21.0 Å². The number of furan rings is 1. The van der Waals surface area contributed by atoms with E-state index in [1.54, 1.807) is 19.1 Å². The zero-order valence-electron chi connectivity index (χ0n) is 29.7. The van der Waals surface area contributed by atoms with Crippen molar-refractivity contribution >= 4 is 39.1 Å². The van der Waals surface area contributed by atoms with E-state index >= 15 is 4.39 Å². The van der Waals surface area contributed by atoms with Crippen molar-refractivity contribution < 1.29 is 50.5 Å². The van der Waals surface area contributed by atoms with Crippen molar-refractivity contribution in [2.24, 2.45) is 0 Å². The Morgan fingerprint density at radius 2 is 1.86 bits per heavy atom. The van der Waals surface area contributed by atoms with Gasteiger partial charge >= 0.3 is 12.1 Å². The van der Waals surface area contributed by atoms with E-state index in [1.165, 1.54) is 42.6 Å². The number of carboxylic acids is 1. The Kier molecular flexibility index (Phi) is 12.7. The highest BCUT2D eigenvalue weighted by atomic mass is 35.5. The fourth-order valence-corrected chi connectivity index (χ4v) is 7.11. The fourth-order valence-electron chi connectivity index (χ4n) is 5.78. The Hall–Kier alpha value is -5.30. The van der Waals surface area contributed by atoms with Gasteiger partial charge < -0.3 is 34.4 Å². The summed E-state index contributed by atoms with van der Waals surface area (Å²) in [5.74, 6) is -1.63. The van der Waals surface area contributed by atoms with Gasteiger partial charge in [-0.3, -0.25) is 4.68 Å². The second-order valence-corrected chi connectivity index (χ2v) is 13.6. The molecule has 296 valence electrons. The number of alkyl halides is 4. The molecule has 0 saturated heterocycles. The van der Waals surface area contributed by atoms with Crippen molar-refractivity contribution in [3.05, 3.63) is 95.0 Å². The van der Waals surface area contributed by atoms with Gasteiger partial charge in [0.2, 0.25) is 12.0 Å². The van der Waals surface area contributed by atoms with Crippen LogP contribution in [-0.4, -0.2) is 76.4 Å². The summed E-state index contributed by atoms with van der Waals surface area (Å²) in [6.07, 6.45) is -6.87. The van der Waals surface area contributed by atoms with Crippen LogP contribution in [0.4, 0.5) is 22.0 Å². The highest BCUT2D eigenvalue weighted by Gasteiger charge is 2.36. The first-order valence-electron chi connectivity index (χ1n) is 17.0. The van der Waals surface area contributed by atoms with Crippen molar-refractivity contribution in [2.45, 2.75) is 38.5 Å². The van der Waals surface area contributed by atoms with Crippen LogP contribution in [0.2, 0.25) is 5.02 Å². The van der Waals surface area contributed by atoms with Crippen LogP contribution >= 0.6 is 22.9 Å². The average Bonchev–Trinajstić information content (AvgIpc) is 3.90. The van der Waals surface area contributed by atoms with Gasteiger partial charge in [0.1, 0.15) is 48.2 Å². The number of carboxylic acid groups (broad SMARTS) is 1. The first kappa shape index (κ1) is 40.4. The van der Waals surface area contributed by atoms with Gasteiger partial charge in [-0.2, -0.15) is 22.7 Å². The van der Waals surface area contributed by atoms with Crippen LogP contribution in [0.25, 0.3) is 32.0 Å². The molecule has 2 aromatic carbocycles. The summed E-state index contributed by atoms with van der Waals surface area (Å²) in [5, 5.41) is 20.7. The van der Waals surface area contributed by atoms with Crippen molar-refractivity contribution in [2.75, 3.05) is 33.3 Å². The van der Waals surface area contributed by atoms with E-state index < -0.39 is 43.6 Å². The maximum Gasteiger partial charge on any atom is 0.408 e. The number of nitrogens with zero attached hydrogens (tertiary/aromatic N) is 4. The van der Waals surface area contributed by atoms with Crippen LogP contribution in [0.15, 0.2) is 71.5 Å². The molecule has 0 aliphatic rings. The van der Waals surface area contributed by atoms with Gasteiger partial charge in [0.25, 0.3) is 6.01 Å². The summed E-state index contributed by atoms with van der Waals surface area (Å²) in [4.78, 5) is 21.9. The van der Waals surface area contributed by atoms with Gasteiger partial charge in [-0.25, -0.2) is 19.2 Å². The minimum absolute atomic E-state index is 0.0476. The normalized spacial score (nSPS) is 12.9. The van der Waals surface area contributed by atoms with Crippen LogP contribution in [-0.2, 0) is 17.9 Å². The first-order valence-corrected chi connectivity index (χ1v) is 18.2. The first-order chi connectivity index (χ1) is 26.9. The molecular weight excluding hydrogens is 787 g/mol. The molecule has 4 heterocycles. The van der Waals surface area contributed by atoms with Gasteiger partial charge in [-0.15, -0.1) is 11.3 Å². The number of carbonyl (C=O) groups is 1. The van der Waals surface area contributed by atoms with E-state index in [0.717, 1.165) is 36.8 Å². The number of aliphatic carboxylic acids is 1. The number of fused-ring (bicyclic) bond motifs is 1. The molecule has 0 saturated carbocycles. The van der Waals surface area contributed by atoms with Crippen LogP contribution in [0.5, 0.6) is 17.4 Å². The third kappa shape index (κ3) is 9.21. The van der Waals surface area contributed by atoms with E-state index in [2.05, 4.69) is 25.7 Å². The number of nitrogens with one attached hydrogen (secondary N) is 2. The summed E-state index contributed by atoms with van der Waals surface area (Å²) in [6, 6.07) is 11.9. The number of benzene rings is 2. The van der Waals surface area contributed by atoms with Crippen LogP contribution in [0.1, 0.15) is 23.0 Å². The number of likely N-dealkylation sites (N-methyl/N-ethyl adjacent to an activating group) is 1. The van der Waals surface area contributed by atoms with Crippen molar-refractivity contribution in [3.8, 4) is 39.1 Å². The standard InChI is InChI=1S/C37H34ClF5N6O6S/c1-20-22(7-8-25(30(20)38)52-16-15-45-14-13-44-2)28-29-34(46-19-47-35(29)56-33(28)26-9-10-27(39)54-26)55-32(36(50)51)31(40)23-5-3-4-6-24(23)53-17-21-11-12-48-49(21)18-37(41,42)43/h3-12,19,31-32,44-45H,13-18H2,1-2H3,(H,50,51)/t31-,32+/m0/s1. The number of para-hydroxylation sites is 1. The van der Waals surface area contributed by atoms with Crippen LogP contribution in [0, 0.1) is 12.9 Å². The number of rotatable bonds is 18. The quantitative estimate of drug-likeness (QED) is 0.0577. The molecule has 0 fully saturated rings. The third-order valence-corrected chi connectivity index (χ3v) is 10.0. The van der Waals surface area contributed by atoms with E-state index in [0.29, 0.717) is 45.2 Å². The Morgan fingerprint density at radius 1 is 1.05 bits per heavy atom. The van der Waals surface area contributed by atoms with E-state index in [4.69, 9.17) is 30.2 Å². The van der Waals surface area contributed by atoms with Crippen LogP contribution < -0.4 is 24.8 Å². The number of halogens is 6. The van der Waals surface area contributed by atoms with Crippen molar-refractivity contribution in [1.29, 1.82) is 0 Å². The van der Waals surface area contributed by atoms with E-state index in [9.17, 15) is 27.5 Å². The lowest BCUT2D eigenvalue weighted by Crippen LogP contribution is -2.32. The molecule has 6 rings (SSSR count). The molecule has 0 aliphatic heterocycles. The highest BCUT2D eigenvalue weighted by Crippen LogP contribution is 2.50. The molecular formula is C37H34ClF5N6O6S. The predicted molar refractivity (Wildman–Crippen MR) is 198 cm³/mol. The lowest BCUT2D eigenvalue weighted by atomic mass is 9.97. The molecule has 12 nitrogen and oxygen atoms in total. The summed E-state index contributed by atoms with van der Waals surface area (Å²) in [5.41, 5.74) is 1.19. The lowest BCUT2D eigenvalue weighted by Gasteiger charge is -2.21. The monoisotopic (exact) mass is 820 g/mol. The zero-order chi connectivity index (χ0) is 40.0. The number of ether oxygens (including phenoxy) is 3. The highest BCUT2D eigenvalue weighted by molar-refractivity contribution is 7.22. The Labute approximate surface area is 325 Å².